The molecular formula is C14H17ClN2. The zero-order valence-corrected chi connectivity index (χ0v) is 10.7. The molecule has 1 N–H and O–H groups in total. The van der Waals surface area contributed by atoms with Crippen LogP contribution in [0.5, 0.6) is 0 Å². The monoisotopic (exact) mass is 248 g/mol. The van der Waals surface area contributed by atoms with Crippen molar-refractivity contribution in [3.63, 3.8) is 0 Å². The molecule has 90 valence electrons. The van der Waals surface area contributed by atoms with Gasteiger partial charge in [-0.2, -0.15) is 0 Å². The van der Waals surface area contributed by atoms with Gasteiger partial charge in [0.1, 0.15) is 0 Å². The first-order valence-electron chi connectivity index (χ1n) is 6.23. The zero-order chi connectivity index (χ0) is 11.8. The third-order valence-corrected chi connectivity index (χ3v) is 4.35. The molecule has 3 heteroatoms. The van der Waals surface area contributed by atoms with Gasteiger partial charge in [-0.05, 0) is 11.5 Å². The number of benzene rings is 1. The molecule has 2 nitrogen and oxygen atoms in total. The first-order valence-corrected chi connectivity index (χ1v) is 6.67. The number of rotatable bonds is 2. The van der Waals surface area contributed by atoms with Gasteiger partial charge >= 0.3 is 0 Å². The van der Waals surface area contributed by atoms with E-state index in [0.29, 0.717) is 23.3 Å². The van der Waals surface area contributed by atoms with Crippen LogP contribution in [0.25, 0.3) is 0 Å². The fourth-order valence-corrected chi connectivity index (χ4v) is 3.26. The van der Waals surface area contributed by atoms with Crippen LogP contribution in [-0.4, -0.2) is 17.3 Å². The van der Waals surface area contributed by atoms with Crippen LogP contribution in [0.2, 0.25) is 0 Å². The molecule has 1 saturated heterocycles. The number of nitrogens with zero attached hydrogens (tertiary/aromatic N) is 1. The van der Waals surface area contributed by atoms with Crippen molar-refractivity contribution in [2.75, 3.05) is 0 Å². The van der Waals surface area contributed by atoms with E-state index in [9.17, 15) is 0 Å². The molecule has 0 spiro atoms. The van der Waals surface area contributed by atoms with Crippen molar-refractivity contribution in [1.29, 1.82) is 0 Å². The Morgan fingerprint density at radius 3 is 2.82 bits per heavy atom. The molecule has 0 radical (unpaired) electrons. The highest BCUT2D eigenvalue weighted by molar-refractivity contribution is 6.24. The number of piperidine rings is 1. The van der Waals surface area contributed by atoms with Crippen LogP contribution < -0.4 is 5.32 Å². The van der Waals surface area contributed by atoms with Gasteiger partial charge in [0, 0.05) is 18.4 Å². The SMILES string of the molecule is CC1CC(=NCc2ccccc2)N[C@@H]2C(Cl)[C@@H]12. The molecule has 1 aromatic carbocycles. The number of amidine groups is 1. The molecule has 2 aliphatic rings. The van der Waals surface area contributed by atoms with Crippen molar-refractivity contribution in [3.05, 3.63) is 35.9 Å². The van der Waals surface area contributed by atoms with Gasteiger partial charge in [0.15, 0.2) is 0 Å². The first-order chi connectivity index (χ1) is 8.25. The molecule has 1 heterocycles. The summed E-state index contributed by atoms with van der Waals surface area (Å²) in [6.07, 6.45) is 1.04. The predicted octanol–water partition coefficient (Wildman–Crippen LogP) is 2.82. The average Bonchev–Trinajstić information content (AvgIpc) is 3.00. The largest absolute Gasteiger partial charge is 0.369 e. The highest BCUT2D eigenvalue weighted by Gasteiger charge is 2.55. The van der Waals surface area contributed by atoms with Crippen LogP contribution in [-0.2, 0) is 6.54 Å². The molecule has 0 amide bonds. The van der Waals surface area contributed by atoms with E-state index in [4.69, 9.17) is 11.6 Å². The second kappa shape index (κ2) is 4.34. The number of fused-ring (bicyclic) bond motifs is 1. The summed E-state index contributed by atoms with van der Waals surface area (Å²) in [7, 11) is 0. The molecule has 0 bridgehead atoms. The molecule has 1 aromatic rings. The van der Waals surface area contributed by atoms with Crippen molar-refractivity contribution in [2.24, 2.45) is 16.8 Å². The highest BCUT2D eigenvalue weighted by Crippen LogP contribution is 2.46. The minimum Gasteiger partial charge on any atom is -0.369 e. The fourth-order valence-electron chi connectivity index (χ4n) is 2.71. The second-order valence-corrected chi connectivity index (χ2v) is 5.63. The summed E-state index contributed by atoms with van der Waals surface area (Å²) < 4.78 is 0. The number of hydrogen-bond donors (Lipinski definition) is 1. The molecule has 2 fully saturated rings. The fraction of sp³-hybridized carbons (Fsp3) is 0.500. The van der Waals surface area contributed by atoms with Crippen LogP contribution in [0.15, 0.2) is 35.3 Å². The topological polar surface area (TPSA) is 24.4 Å². The van der Waals surface area contributed by atoms with Crippen LogP contribution in [0.1, 0.15) is 18.9 Å². The van der Waals surface area contributed by atoms with Crippen LogP contribution in [0, 0.1) is 11.8 Å². The number of nitrogens with one attached hydrogen (secondary N) is 1. The molecule has 1 aliphatic heterocycles. The van der Waals surface area contributed by atoms with Crippen LogP contribution >= 0.6 is 11.6 Å². The summed E-state index contributed by atoms with van der Waals surface area (Å²) in [5.74, 6) is 2.45. The first kappa shape index (κ1) is 11.1. The zero-order valence-electron chi connectivity index (χ0n) is 9.94. The summed E-state index contributed by atoms with van der Waals surface area (Å²) in [6, 6.07) is 10.8. The number of halogens is 1. The van der Waals surface area contributed by atoms with Gasteiger partial charge in [-0.1, -0.05) is 37.3 Å². The van der Waals surface area contributed by atoms with Gasteiger partial charge in [-0.3, -0.25) is 4.99 Å². The van der Waals surface area contributed by atoms with E-state index < -0.39 is 0 Å². The molecule has 0 aromatic heterocycles. The summed E-state index contributed by atoms with van der Waals surface area (Å²) in [4.78, 5) is 4.66. The third kappa shape index (κ3) is 2.19. The maximum Gasteiger partial charge on any atom is 0.0972 e. The highest BCUT2D eigenvalue weighted by atomic mass is 35.5. The van der Waals surface area contributed by atoms with Crippen molar-refractivity contribution < 1.29 is 0 Å². The maximum atomic E-state index is 6.22. The Morgan fingerprint density at radius 1 is 1.35 bits per heavy atom. The molecule has 4 atom stereocenters. The van der Waals surface area contributed by atoms with E-state index in [-0.39, 0.29) is 0 Å². The van der Waals surface area contributed by atoms with Gasteiger partial charge in [0.2, 0.25) is 0 Å². The van der Waals surface area contributed by atoms with Gasteiger partial charge < -0.3 is 5.32 Å². The van der Waals surface area contributed by atoms with E-state index in [2.05, 4.69) is 41.5 Å². The van der Waals surface area contributed by atoms with Gasteiger partial charge in [-0.25, -0.2) is 0 Å². The Hall–Kier alpha value is -1.02. The molecule has 3 rings (SSSR count). The Morgan fingerprint density at radius 2 is 2.12 bits per heavy atom. The predicted molar refractivity (Wildman–Crippen MR) is 71.4 cm³/mol. The van der Waals surface area contributed by atoms with Crippen molar-refractivity contribution in [3.8, 4) is 0 Å². The van der Waals surface area contributed by atoms with E-state index in [0.717, 1.165) is 18.8 Å². The van der Waals surface area contributed by atoms with E-state index in [1.54, 1.807) is 0 Å². The van der Waals surface area contributed by atoms with Gasteiger partial charge in [0.25, 0.3) is 0 Å². The molecular weight excluding hydrogens is 232 g/mol. The second-order valence-electron chi connectivity index (χ2n) is 5.12. The molecule has 2 unspecified atom stereocenters. The lowest BCUT2D eigenvalue weighted by atomic mass is 9.98. The Labute approximate surface area is 107 Å². The lowest BCUT2D eigenvalue weighted by molar-refractivity contribution is 0.474. The van der Waals surface area contributed by atoms with E-state index in [1.165, 1.54) is 5.56 Å². The minimum absolute atomic E-state index is 0.314. The lowest BCUT2D eigenvalue weighted by Gasteiger charge is -2.20. The summed E-state index contributed by atoms with van der Waals surface area (Å²) in [5, 5.41) is 3.77. The van der Waals surface area contributed by atoms with Crippen molar-refractivity contribution in [2.45, 2.75) is 31.3 Å². The van der Waals surface area contributed by atoms with E-state index in [1.807, 2.05) is 6.07 Å². The number of hydrogen-bond acceptors (Lipinski definition) is 1. The Balaban J connectivity index is 1.65. The average molecular weight is 249 g/mol. The smallest absolute Gasteiger partial charge is 0.0972 e. The third-order valence-electron chi connectivity index (χ3n) is 3.79. The van der Waals surface area contributed by atoms with Crippen LogP contribution in [0.4, 0.5) is 0 Å². The number of aliphatic imine (C=N–C) groups is 1. The Bertz CT molecular complexity index is 419. The van der Waals surface area contributed by atoms with Gasteiger partial charge in [0.05, 0.1) is 17.8 Å². The quantitative estimate of drug-likeness (QED) is 0.800. The maximum absolute atomic E-state index is 6.22. The molecule has 17 heavy (non-hydrogen) atoms. The van der Waals surface area contributed by atoms with Crippen molar-refractivity contribution in [1.82, 2.24) is 5.32 Å². The summed E-state index contributed by atoms with van der Waals surface area (Å²) in [5.41, 5.74) is 1.26. The van der Waals surface area contributed by atoms with Crippen molar-refractivity contribution >= 4 is 17.4 Å². The molecule has 1 aliphatic carbocycles. The summed E-state index contributed by atoms with van der Waals surface area (Å²) >= 11 is 6.22. The van der Waals surface area contributed by atoms with E-state index >= 15 is 0 Å². The standard InChI is InChI=1S/C14H17ClN2/c1-9-7-11(17-14-12(9)13(14)15)16-8-10-5-3-2-4-6-10/h2-6,9,12-14H,7-8H2,1H3,(H,16,17)/t9?,12-,13?,14+/m1/s1. The number of alkyl halides is 1. The minimum atomic E-state index is 0.314. The lowest BCUT2D eigenvalue weighted by Crippen LogP contribution is -2.34. The Kier molecular flexibility index (Phi) is 2.83. The normalized spacial score (nSPS) is 37.4. The van der Waals surface area contributed by atoms with Crippen LogP contribution in [0.3, 0.4) is 0 Å². The van der Waals surface area contributed by atoms with Gasteiger partial charge in [-0.15, -0.1) is 11.6 Å². The molecule has 1 saturated carbocycles. The summed E-state index contributed by atoms with van der Waals surface area (Å²) in [6.45, 7) is 3.04.